The molecular formula is C126H234O17Si. The lowest BCUT2D eigenvalue weighted by Gasteiger charge is -2.72. The van der Waals surface area contributed by atoms with Gasteiger partial charge < -0.3 is 82.1 Å². The first-order valence-corrected chi connectivity index (χ1v) is 58.8. The number of hydrogen-bond acceptors (Lipinski definition) is 17. The summed E-state index contributed by atoms with van der Waals surface area (Å²) in [6.45, 7) is 125. The molecule has 4 heterocycles. The maximum Gasteiger partial charge on any atom is 0.192 e. The molecule has 0 aromatic carbocycles. The Morgan fingerprint density at radius 1 is 0.535 bits per heavy atom. The van der Waals surface area contributed by atoms with Crippen LogP contribution in [0.25, 0.3) is 0 Å². The topological polar surface area (TPSA) is 212 Å². The second kappa shape index (κ2) is 64.4. The van der Waals surface area contributed by atoms with Crippen LogP contribution in [0.2, 0.25) is 18.1 Å². The first kappa shape index (κ1) is 142. The lowest BCUT2D eigenvalue weighted by atomic mass is 9.33. The summed E-state index contributed by atoms with van der Waals surface area (Å²) in [6.07, 6.45) is 31.2. The van der Waals surface area contributed by atoms with E-state index in [4.69, 9.17) is 61.6 Å². The molecule has 3 saturated carbocycles. The molecule has 844 valence electrons. The average molecular weight is 2050 g/mol. The summed E-state index contributed by atoms with van der Waals surface area (Å²) in [6, 6.07) is 0. The van der Waals surface area contributed by atoms with Gasteiger partial charge in [0, 0.05) is 78.2 Å². The van der Waals surface area contributed by atoms with E-state index in [9.17, 15) is 20.4 Å². The smallest absolute Gasteiger partial charge is 0.192 e. The van der Waals surface area contributed by atoms with Gasteiger partial charge in [0.25, 0.3) is 0 Å². The van der Waals surface area contributed by atoms with Gasteiger partial charge >= 0.3 is 0 Å². The highest BCUT2D eigenvalue weighted by Crippen LogP contribution is 2.80. The summed E-state index contributed by atoms with van der Waals surface area (Å²) >= 11 is 0. The Balaban J connectivity index is 0. The fourth-order valence-corrected chi connectivity index (χ4v) is 27.3. The molecule has 4 aliphatic heterocycles. The summed E-state index contributed by atoms with van der Waals surface area (Å²) in [5, 5.41) is 47.3. The van der Waals surface area contributed by atoms with Crippen LogP contribution in [0.15, 0.2) is 146 Å². The minimum Gasteiger partial charge on any atom is -0.495 e. The van der Waals surface area contributed by atoms with Crippen LogP contribution in [0.5, 0.6) is 0 Å². The third-order valence-electron chi connectivity index (χ3n) is 35.1. The third-order valence-corrected chi connectivity index (χ3v) is 39.5. The van der Waals surface area contributed by atoms with Gasteiger partial charge in [-0.1, -0.05) is 346 Å². The fraction of sp³-hybridized carbons (Fsp3) is 0.810. The van der Waals surface area contributed by atoms with E-state index in [2.05, 4.69) is 258 Å². The van der Waals surface area contributed by atoms with Crippen LogP contribution in [0.1, 0.15) is 355 Å². The van der Waals surface area contributed by atoms with Crippen molar-refractivity contribution in [3.05, 3.63) is 146 Å². The molecule has 3 aliphatic carbocycles. The number of hydrogen-bond donors (Lipinski definition) is 5. The molecule has 0 bridgehead atoms. The van der Waals surface area contributed by atoms with Gasteiger partial charge in [-0.3, -0.25) is 0 Å². The number of aliphatic hydroxyl groups is 5. The number of methoxy groups -OCH3 is 6. The van der Waals surface area contributed by atoms with Gasteiger partial charge in [-0.05, 0) is 223 Å². The largest absolute Gasteiger partial charge is 0.495 e. The molecule has 7 aliphatic rings. The van der Waals surface area contributed by atoms with Crippen LogP contribution in [0.4, 0.5) is 0 Å². The Labute approximate surface area is 890 Å². The van der Waals surface area contributed by atoms with Gasteiger partial charge in [0.15, 0.2) is 27.2 Å². The molecule has 34 atom stereocenters. The molecule has 0 saturated heterocycles. The van der Waals surface area contributed by atoms with Crippen molar-refractivity contribution in [3.63, 3.8) is 0 Å². The van der Waals surface area contributed by atoms with E-state index in [0.717, 1.165) is 80.8 Å². The molecule has 0 aromatic rings. The molecule has 0 radical (unpaired) electrons. The van der Waals surface area contributed by atoms with Crippen LogP contribution in [-0.4, -0.2) is 188 Å². The van der Waals surface area contributed by atoms with Crippen molar-refractivity contribution < 1.29 is 82.1 Å². The highest BCUT2D eigenvalue weighted by molar-refractivity contribution is 6.74. The second-order valence-electron chi connectivity index (χ2n) is 49.4. The van der Waals surface area contributed by atoms with Crippen molar-refractivity contribution in [1.82, 2.24) is 0 Å². The number of ether oxygens (including phenoxy) is 11. The Kier molecular flexibility index (Phi) is 63.7. The summed E-state index contributed by atoms with van der Waals surface area (Å²) < 4.78 is 68.2. The SMILES string of the molecule is C=C[C@H](OC)C1OC(O)C(C)=C[C@H]1C.C=C[C@H](OC)C1OC=C(C)C(O)[C@H]1C.C=C[C@H](OC)C1O[C@H](O[C@H]2OC([C@H](C=C)OC)[C@H](C)C=C2C)C(C)=C[C@H]1C.C=C[C@H](OC)[C@@H](O)[C@H](C)/C=C(/C)CO.C=C[C@H](OC)[C@@H](O[Si](C)(C)C(C)(C)C)[C@H](C)/C=C(/C)CO.CC.CC.CC.CCCC(CC(C)C)C1CC(C)(CC2CC(C)(C(C)(CCC)CC(C)C)C(C)(C(C)(C)C)C(C)C2C(C)(C)C)C(C)C(C)C12CC2(C)C. The zero-order chi connectivity index (χ0) is 113. The standard InChI is InChI=1S/C48H92.C22H34O5.C17H34O3Si.2C11H18O3.C11H20O3.3C2H6/c1-22-24-37(26-32(3)4)39-30-44(18,34(7)35(8)48(39)31-43(48,16)17)28-38-29-46(20,45(19,25-23-2)27-33(5)6)47(21,42(13,14)15)36(9)40(38)41(10,11)12;1-9-17(23-7)19-13(3)11-15(5)21(25-19)27-22-16(6)12-14(4)20(26-22)18(10-2)24-8;1-10-15(19-7)16(14(3)11-13(2)12-18)20-21(8,9)17(4,5)6;1-5-9(13-4)11-8(3)10(12)7(2)6-14-11;1-5-9(13-4)10-7(2)6-8(3)11(12)14-10;1-5-10(14-4)11(13)9(3)6-8(2)7-12;3*1-2/h32-40H,22-31H2,1-21H3;9-14,17-22H,1-2H2,3-8H3;10-11,14-16,18H,1,12H2,2-9H3;5-6,8-12H,1H2,2-4H3;5-7,9-12H,1H2,2-4H3;5-6,9-13H,1,7H2,2-4H3;3*1-2H3/b;;13-11-;;;8-6-;;;/t;13-,14-,17+,18+,19?,20?,21-,22-;14-,15+,16+;8-,9+,10?,11?;7-,9+,10?,11?;9-,10+,11+;;;/m.11111.../s1. The first-order valence-electron chi connectivity index (χ1n) is 55.9. The number of rotatable bonds is 40. The van der Waals surface area contributed by atoms with Gasteiger partial charge in [0.05, 0.1) is 56.1 Å². The quantitative estimate of drug-likeness (QED) is 0.0285. The van der Waals surface area contributed by atoms with Gasteiger partial charge in [-0.25, -0.2) is 0 Å². The Morgan fingerprint density at radius 2 is 0.944 bits per heavy atom. The van der Waals surface area contributed by atoms with Crippen molar-refractivity contribution in [3.8, 4) is 0 Å². The maximum atomic E-state index is 9.82. The van der Waals surface area contributed by atoms with E-state index < -0.39 is 39.4 Å². The van der Waals surface area contributed by atoms with Crippen molar-refractivity contribution in [1.29, 1.82) is 0 Å². The molecule has 18 heteroatoms. The molecule has 0 aromatic heterocycles. The minimum atomic E-state index is -1.91. The summed E-state index contributed by atoms with van der Waals surface area (Å²) in [5.41, 5.74) is 8.34. The van der Waals surface area contributed by atoms with E-state index in [1.807, 2.05) is 116 Å². The van der Waals surface area contributed by atoms with Gasteiger partial charge in [-0.15, -0.1) is 39.5 Å². The van der Waals surface area contributed by atoms with Crippen molar-refractivity contribution in [2.24, 2.45) is 132 Å². The van der Waals surface area contributed by atoms with Crippen LogP contribution in [-0.2, 0) is 56.5 Å². The molecule has 17 nitrogen and oxygen atoms in total. The summed E-state index contributed by atoms with van der Waals surface area (Å²) in [4.78, 5) is 0. The molecule has 18 unspecified atom stereocenters. The van der Waals surface area contributed by atoms with E-state index in [1.54, 1.807) is 78.3 Å². The van der Waals surface area contributed by atoms with Crippen molar-refractivity contribution in [2.45, 2.75) is 471 Å². The highest BCUT2D eigenvalue weighted by atomic mass is 28.4. The van der Waals surface area contributed by atoms with Crippen molar-refractivity contribution >= 4 is 8.32 Å². The van der Waals surface area contributed by atoms with E-state index >= 15 is 0 Å². The lowest BCUT2D eigenvalue weighted by Crippen LogP contribution is -2.65. The van der Waals surface area contributed by atoms with Crippen LogP contribution < -0.4 is 0 Å². The molecule has 7 rings (SSSR count). The zero-order valence-electron chi connectivity index (χ0n) is 103. The Hall–Kier alpha value is -3.74. The van der Waals surface area contributed by atoms with Crippen LogP contribution in [0, 0.1) is 132 Å². The first-order chi connectivity index (χ1) is 66.7. The van der Waals surface area contributed by atoms with Gasteiger partial charge in [-0.2, -0.15) is 0 Å². The predicted molar refractivity (Wildman–Crippen MR) is 616 cm³/mol. The molecule has 5 N–H and O–H groups in total. The highest BCUT2D eigenvalue weighted by Gasteiger charge is 2.74. The normalized spacial score (nSPS) is 32.3. The molecule has 144 heavy (non-hydrogen) atoms. The second-order valence-corrected chi connectivity index (χ2v) is 54.2. The summed E-state index contributed by atoms with van der Waals surface area (Å²) in [5.74, 6) is 7.72. The molecule has 3 fully saturated rings. The third kappa shape index (κ3) is 37.3. The predicted octanol–water partition coefficient (Wildman–Crippen LogP) is 31.1. The molecule has 0 amide bonds. The fourth-order valence-electron chi connectivity index (χ4n) is 26.0. The zero-order valence-corrected chi connectivity index (χ0v) is 104. The van der Waals surface area contributed by atoms with E-state index in [-0.39, 0.29) is 137 Å². The Bertz CT molecular complexity index is 3780. The van der Waals surface area contributed by atoms with E-state index in [1.165, 1.54) is 71.3 Å². The van der Waals surface area contributed by atoms with Crippen molar-refractivity contribution in [2.75, 3.05) is 55.9 Å². The Morgan fingerprint density at radius 3 is 1.29 bits per heavy atom. The number of aliphatic hydroxyl groups excluding tert-OH is 5. The van der Waals surface area contributed by atoms with Crippen LogP contribution >= 0.6 is 0 Å². The van der Waals surface area contributed by atoms with E-state index in [0.29, 0.717) is 33.0 Å². The molecular weight excluding hydrogens is 1810 g/mol. The molecule has 1 spiro atoms. The van der Waals surface area contributed by atoms with Gasteiger partial charge in [0.2, 0.25) is 0 Å². The summed E-state index contributed by atoms with van der Waals surface area (Å²) in [7, 11) is 7.85. The van der Waals surface area contributed by atoms with Crippen LogP contribution in [0.3, 0.4) is 0 Å². The van der Waals surface area contributed by atoms with Gasteiger partial charge in [0.1, 0.15) is 42.7 Å². The lowest BCUT2D eigenvalue weighted by molar-refractivity contribution is -0.270. The minimum absolute atomic E-state index is 0.0166. The maximum absolute atomic E-state index is 9.82. The average Bonchev–Trinajstić information content (AvgIpc) is 1.56. The monoisotopic (exact) mass is 2050 g/mol.